The SMILES string of the molecule is CSc1ncccc1C(=O)N1CCc2c(nc(N(C)C)[nH]c2=O)C1. The zero-order chi connectivity index (χ0) is 17.3. The Kier molecular flexibility index (Phi) is 4.57. The molecule has 1 aliphatic rings. The van der Waals surface area contributed by atoms with Gasteiger partial charge in [-0.05, 0) is 24.8 Å². The molecule has 0 atom stereocenters. The van der Waals surface area contributed by atoms with E-state index in [1.54, 1.807) is 28.1 Å². The molecule has 0 aliphatic carbocycles. The van der Waals surface area contributed by atoms with Crippen LogP contribution in [0, 0.1) is 0 Å². The van der Waals surface area contributed by atoms with Crippen LogP contribution in [-0.2, 0) is 13.0 Å². The van der Waals surface area contributed by atoms with Gasteiger partial charge in [0.15, 0.2) is 0 Å². The van der Waals surface area contributed by atoms with Crippen molar-refractivity contribution in [1.29, 1.82) is 0 Å². The number of H-pyrrole nitrogens is 1. The van der Waals surface area contributed by atoms with Gasteiger partial charge in [-0.25, -0.2) is 9.97 Å². The molecule has 0 fully saturated rings. The van der Waals surface area contributed by atoms with Crippen molar-refractivity contribution in [3.05, 3.63) is 45.5 Å². The van der Waals surface area contributed by atoms with Crippen LogP contribution < -0.4 is 10.5 Å². The molecule has 7 nitrogen and oxygen atoms in total. The Morgan fingerprint density at radius 3 is 2.92 bits per heavy atom. The lowest BCUT2D eigenvalue weighted by molar-refractivity contribution is 0.0727. The number of nitrogens with zero attached hydrogens (tertiary/aromatic N) is 4. The lowest BCUT2D eigenvalue weighted by atomic mass is 10.1. The predicted molar refractivity (Wildman–Crippen MR) is 93.6 cm³/mol. The molecule has 1 N–H and O–H groups in total. The van der Waals surface area contributed by atoms with Gasteiger partial charge in [0.25, 0.3) is 11.5 Å². The molecule has 1 amide bonds. The molecular weight excluding hydrogens is 326 g/mol. The Morgan fingerprint density at radius 1 is 1.42 bits per heavy atom. The molecule has 3 rings (SSSR count). The van der Waals surface area contributed by atoms with Crippen molar-refractivity contribution in [3.63, 3.8) is 0 Å². The molecule has 8 heteroatoms. The number of rotatable bonds is 3. The summed E-state index contributed by atoms with van der Waals surface area (Å²) in [7, 11) is 3.63. The molecule has 0 radical (unpaired) electrons. The van der Waals surface area contributed by atoms with Crippen LogP contribution in [0.1, 0.15) is 21.6 Å². The standard InChI is InChI=1S/C16H19N5O2S/c1-20(2)16-18-12-9-21(8-6-10(12)13(22)19-16)15(23)11-5-4-7-17-14(11)24-3/h4-5,7H,6,8-9H2,1-3H3,(H,18,19,22). The summed E-state index contributed by atoms with van der Waals surface area (Å²) in [4.78, 5) is 40.0. The van der Waals surface area contributed by atoms with E-state index >= 15 is 0 Å². The number of hydrogen-bond donors (Lipinski definition) is 1. The van der Waals surface area contributed by atoms with Gasteiger partial charge >= 0.3 is 0 Å². The van der Waals surface area contributed by atoms with E-state index in [1.807, 2.05) is 20.4 Å². The van der Waals surface area contributed by atoms with Gasteiger partial charge in [-0.2, -0.15) is 0 Å². The summed E-state index contributed by atoms with van der Waals surface area (Å²) < 4.78 is 0. The number of thioether (sulfide) groups is 1. The van der Waals surface area contributed by atoms with Crippen LogP contribution >= 0.6 is 11.8 Å². The van der Waals surface area contributed by atoms with Gasteiger partial charge in [-0.15, -0.1) is 11.8 Å². The van der Waals surface area contributed by atoms with Crippen LogP contribution in [0.4, 0.5) is 5.95 Å². The summed E-state index contributed by atoms with van der Waals surface area (Å²) in [5.74, 6) is 0.422. The number of carbonyl (C=O) groups excluding carboxylic acids is 1. The molecule has 2 aromatic heterocycles. The molecule has 3 heterocycles. The minimum Gasteiger partial charge on any atom is -0.348 e. The molecule has 0 aromatic carbocycles. The zero-order valence-corrected chi connectivity index (χ0v) is 14.7. The average Bonchev–Trinajstić information content (AvgIpc) is 2.60. The lowest BCUT2D eigenvalue weighted by Crippen LogP contribution is -2.39. The highest BCUT2D eigenvalue weighted by Gasteiger charge is 2.26. The van der Waals surface area contributed by atoms with Crippen LogP contribution in [0.2, 0.25) is 0 Å². The van der Waals surface area contributed by atoms with E-state index in [0.29, 0.717) is 47.3 Å². The first kappa shape index (κ1) is 16.5. The van der Waals surface area contributed by atoms with E-state index in [2.05, 4.69) is 15.0 Å². The van der Waals surface area contributed by atoms with Crippen molar-refractivity contribution >= 4 is 23.6 Å². The van der Waals surface area contributed by atoms with Crippen molar-refractivity contribution in [2.45, 2.75) is 18.0 Å². The highest BCUT2D eigenvalue weighted by Crippen LogP contribution is 2.22. The number of amides is 1. The minimum absolute atomic E-state index is 0.0772. The second kappa shape index (κ2) is 6.64. The van der Waals surface area contributed by atoms with Crippen LogP contribution in [0.5, 0.6) is 0 Å². The lowest BCUT2D eigenvalue weighted by Gasteiger charge is -2.28. The fraction of sp³-hybridized carbons (Fsp3) is 0.375. The summed E-state index contributed by atoms with van der Waals surface area (Å²) in [6, 6.07) is 3.55. The number of pyridine rings is 1. The largest absolute Gasteiger partial charge is 0.348 e. The van der Waals surface area contributed by atoms with Crippen molar-refractivity contribution in [1.82, 2.24) is 19.9 Å². The molecule has 0 unspecified atom stereocenters. The predicted octanol–water partition coefficient (Wildman–Crippen LogP) is 1.15. The summed E-state index contributed by atoms with van der Waals surface area (Å²) in [5.41, 5.74) is 1.80. The van der Waals surface area contributed by atoms with Crippen LogP contribution in [0.25, 0.3) is 0 Å². The van der Waals surface area contributed by atoms with Gasteiger partial charge in [0.2, 0.25) is 5.95 Å². The van der Waals surface area contributed by atoms with E-state index in [1.165, 1.54) is 11.8 Å². The van der Waals surface area contributed by atoms with Crippen LogP contribution in [0.3, 0.4) is 0 Å². The van der Waals surface area contributed by atoms with Crippen molar-refractivity contribution < 1.29 is 4.79 Å². The summed E-state index contributed by atoms with van der Waals surface area (Å²) in [5, 5.41) is 0.709. The van der Waals surface area contributed by atoms with Crippen LogP contribution in [0.15, 0.2) is 28.2 Å². The summed E-state index contributed by atoms with van der Waals surface area (Å²) in [6.07, 6.45) is 4.08. The zero-order valence-electron chi connectivity index (χ0n) is 13.9. The van der Waals surface area contributed by atoms with E-state index in [9.17, 15) is 9.59 Å². The second-order valence-corrected chi connectivity index (χ2v) is 6.54. The Hall–Kier alpha value is -2.35. The highest BCUT2D eigenvalue weighted by molar-refractivity contribution is 7.98. The first-order valence-corrected chi connectivity index (χ1v) is 8.81. The number of fused-ring (bicyclic) bond motifs is 1. The second-order valence-electron chi connectivity index (χ2n) is 5.75. The Bertz CT molecular complexity index is 833. The third kappa shape index (κ3) is 3.01. The fourth-order valence-electron chi connectivity index (χ4n) is 2.70. The molecule has 126 valence electrons. The number of anilines is 1. The number of nitrogens with one attached hydrogen (secondary N) is 1. The maximum atomic E-state index is 12.8. The van der Waals surface area contributed by atoms with Gasteiger partial charge in [0, 0.05) is 32.4 Å². The molecular formula is C16H19N5O2S. The first-order valence-electron chi connectivity index (χ1n) is 7.59. The maximum Gasteiger partial charge on any atom is 0.256 e. The van der Waals surface area contributed by atoms with Gasteiger partial charge in [0.05, 0.1) is 17.8 Å². The molecule has 0 bridgehead atoms. The quantitative estimate of drug-likeness (QED) is 0.841. The van der Waals surface area contributed by atoms with Gasteiger partial charge in [0.1, 0.15) is 5.03 Å². The fourth-order valence-corrected chi connectivity index (χ4v) is 3.24. The molecule has 1 aliphatic heterocycles. The first-order chi connectivity index (χ1) is 11.5. The smallest absolute Gasteiger partial charge is 0.256 e. The number of hydrogen-bond acceptors (Lipinski definition) is 6. The van der Waals surface area contributed by atoms with Crippen molar-refractivity contribution in [3.8, 4) is 0 Å². The average molecular weight is 345 g/mol. The monoisotopic (exact) mass is 345 g/mol. The maximum absolute atomic E-state index is 12.8. The molecule has 24 heavy (non-hydrogen) atoms. The van der Waals surface area contributed by atoms with E-state index in [4.69, 9.17) is 0 Å². The molecule has 0 saturated carbocycles. The number of aromatic nitrogens is 3. The van der Waals surface area contributed by atoms with Crippen molar-refractivity contribution in [2.24, 2.45) is 0 Å². The van der Waals surface area contributed by atoms with Gasteiger partial charge in [-0.1, -0.05) is 0 Å². The number of aromatic amines is 1. The Balaban J connectivity index is 1.92. The Morgan fingerprint density at radius 2 is 2.21 bits per heavy atom. The molecule has 0 spiro atoms. The van der Waals surface area contributed by atoms with E-state index in [0.717, 1.165) is 0 Å². The highest BCUT2D eigenvalue weighted by atomic mass is 32.2. The third-order valence-corrected chi connectivity index (χ3v) is 4.68. The normalized spacial score (nSPS) is 13.5. The van der Waals surface area contributed by atoms with Crippen LogP contribution in [-0.4, -0.2) is 52.7 Å². The topological polar surface area (TPSA) is 82.2 Å². The van der Waals surface area contributed by atoms with Gasteiger partial charge in [-0.3, -0.25) is 14.6 Å². The van der Waals surface area contributed by atoms with E-state index in [-0.39, 0.29) is 11.5 Å². The summed E-state index contributed by atoms with van der Waals surface area (Å²) >= 11 is 1.45. The summed E-state index contributed by atoms with van der Waals surface area (Å²) in [6.45, 7) is 0.836. The number of carbonyl (C=O) groups is 1. The minimum atomic E-state index is -0.123. The van der Waals surface area contributed by atoms with Gasteiger partial charge < -0.3 is 9.80 Å². The Labute approximate surface area is 144 Å². The van der Waals surface area contributed by atoms with Crippen molar-refractivity contribution in [2.75, 3.05) is 31.8 Å². The molecule has 2 aromatic rings. The third-order valence-electron chi connectivity index (χ3n) is 3.97. The molecule has 0 saturated heterocycles. The van der Waals surface area contributed by atoms with E-state index < -0.39 is 0 Å².